The van der Waals surface area contributed by atoms with Gasteiger partial charge in [-0.15, -0.1) is 11.3 Å². The fourth-order valence-corrected chi connectivity index (χ4v) is 3.07. The number of benzene rings is 1. The van der Waals surface area contributed by atoms with E-state index in [-0.39, 0.29) is 0 Å². The lowest BCUT2D eigenvalue weighted by molar-refractivity contribution is 0.224. The third-order valence-electron chi connectivity index (χ3n) is 3.33. The maximum atomic E-state index is 10.3. The van der Waals surface area contributed by atoms with Gasteiger partial charge in [0, 0.05) is 0 Å². The first-order valence-electron chi connectivity index (χ1n) is 6.14. The first-order chi connectivity index (χ1) is 8.63. The molecule has 18 heavy (non-hydrogen) atoms. The first kappa shape index (κ1) is 13.6. The Morgan fingerprint density at radius 3 is 2.28 bits per heavy atom. The Morgan fingerprint density at radius 2 is 1.78 bits per heavy atom. The Labute approximate surface area is 117 Å². The van der Waals surface area contributed by atoms with Crippen LogP contribution in [0.1, 0.15) is 48.3 Å². The standard InChI is InChI=1S/C15H17ClOS/c1-3-10(2)11-4-6-12(7-5-11)14(17)15-13(16)8-9-18-15/h4-10,14,17H,3H2,1-2H3. The van der Waals surface area contributed by atoms with Gasteiger partial charge in [0.1, 0.15) is 6.10 Å². The van der Waals surface area contributed by atoms with E-state index in [2.05, 4.69) is 26.0 Å². The molecule has 2 atom stereocenters. The van der Waals surface area contributed by atoms with Crippen LogP contribution in [0.15, 0.2) is 35.7 Å². The topological polar surface area (TPSA) is 20.2 Å². The second kappa shape index (κ2) is 5.87. The van der Waals surface area contributed by atoms with Crippen LogP contribution in [0.25, 0.3) is 0 Å². The molecule has 0 radical (unpaired) electrons. The third-order valence-corrected chi connectivity index (χ3v) is 4.74. The molecule has 2 unspecified atom stereocenters. The zero-order valence-corrected chi connectivity index (χ0v) is 12.1. The minimum atomic E-state index is -0.622. The Kier molecular flexibility index (Phi) is 4.44. The average Bonchev–Trinajstić information content (AvgIpc) is 2.83. The van der Waals surface area contributed by atoms with Crippen molar-refractivity contribution in [1.82, 2.24) is 0 Å². The van der Waals surface area contributed by atoms with Gasteiger partial charge in [0.05, 0.1) is 9.90 Å². The summed E-state index contributed by atoms with van der Waals surface area (Å²) in [6, 6.07) is 9.98. The van der Waals surface area contributed by atoms with E-state index in [9.17, 15) is 5.11 Å². The van der Waals surface area contributed by atoms with Crippen molar-refractivity contribution in [3.8, 4) is 0 Å². The van der Waals surface area contributed by atoms with Crippen molar-refractivity contribution < 1.29 is 5.11 Å². The number of hydrogen-bond donors (Lipinski definition) is 1. The maximum absolute atomic E-state index is 10.3. The Bertz CT molecular complexity index is 503. The molecule has 2 aromatic rings. The van der Waals surface area contributed by atoms with Crippen molar-refractivity contribution in [3.05, 3.63) is 56.7 Å². The molecule has 0 bridgehead atoms. The van der Waals surface area contributed by atoms with E-state index in [0.717, 1.165) is 16.9 Å². The molecule has 1 heterocycles. The predicted molar refractivity (Wildman–Crippen MR) is 78.5 cm³/mol. The maximum Gasteiger partial charge on any atom is 0.115 e. The van der Waals surface area contributed by atoms with Gasteiger partial charge in [0.25, 0.3) is 0 Å². The summed E-state index contributed by atoms with van der Waals surface area (Å²) in [5.74, 6) is 0.557. The zero-order valence-electron chi connectivity index (χ0n) is 10.6. The average molecular weight is 281 g/mol. The number of halogens is 1. The van der Waals surface area contributed by atoms with E-state index in [0.29, 0.717) is 10.9 Å². The van der Waals surface area contributed by atoms with Crippen LogP contribution in [0.5, 0.6) is 0 Å². The summed E-state index contributed by atoms with van der Waals surface area (Å²) < 4.78 is 0. The van der Waals surface area contributed by atoms with Crippen molar-refractivity contribution in [2.24, 2.45) is 0 Å². The Morgan fingerprint density at radius 1 is 1.17 bits per heavy atom. The van der Waals surface area contributed by atoms with E-state index in [4.69, 9.17) is 11.6 Å². The molecule has 1 N–H and O–H groups in total. The van der Waals surface area contributed by atoms with Gasteiger partial charge in [-0.25, -0.2) is 0 Å². The van der Waals surface area contributed by atoms with E-state index < -0.39 is 6.10 Å². The van der Waals surface area contributed by atoms with Gasteiger partial charge in [-0.2, -0.15) is 0 Å². The fourth-order valence-electron chi connectivity index (χ4n) is 1.89. The number of rotatable bonds is 4. The van der Waals surface area contributed by atoms with Gasteiger partial charge in [-0.05, 0) is 34.9 Å². The molecule has 0 saturated carbocycles. The molecule has 0 fully saturated rings. The third kappa shape index (κ3) is 2.77. The van der Waals surface area contributed by atoms with Crippen LogP contribution < -0.4 is 0 Å². The Balaban J connectivity index is 2.22. The smallest absolute Gasteiger partial charge is 0.115 e. The van der Waals surface area contributed by atoms with Gasteiger partial charge >= 0.3 is 0 Å². The summed E-state index contributed by atoms with van der Waals surface area (Å²) in [7, 11) is 0. The van der Waals surface area contributed by atoms with Crippen molar-refractivity contribution in [2.45, 2.75) is 32.3 Å². The monoisotopic (exact) mass is 280 g/mol. The van der Waals surface area contributed by atoms with Gasteiger partial charge in [0.15, 0.2) is 0 Å². The molecule has 0 aliphatic heterocycles. The van der Waals surface area contributed by atoms with Crippen LogP contribution in [0, 0.1) is 0 Å². The lowest BCUT2D eigenvalue weighted by Gasteiger charge is -2.13. The number of aliphatic hydroxyl groups excluding tert-OH is 1. The highest BCUT2D eigenvalue weighted by atomic mass is 35.5. The van der Waals surface area contributed by atoms with Crippen LogP contribution in [0.4, 0.5) is 0 Å². The summed E-state index contributed by atoms with van der Waals surface area (Å²) >= 11 is 7.52. The predicted octanol–water partition coefficient (Wildman–Crippen LogP) is 5.00. The molecule has 1 aromatic carbocycles. The van der Waals surface area contributed by atoms with E-state index in [1.807, 2.05) is 23.6 Å². The Hall–Kier alpha value is -0.830. The van der Waals surface area contributed by atoms with Crippen LogP contribution in [0.2, 0.25) is 5.02 Å². The first-order valence-corrected chi connectivity index (χ1v) is 7.40. The number of hydrogen-bond acceptors (Lipinski definition) is 2. The minimum absolute atomic E-state index is 0.557. The quantitative estimate of drug-likeness (QED) is 0.836. The molecular formula is C15H17ClOS. The second-order valence-corrected chi connectivity index (χ2v) is 5.87. The molecular weight excluding hydrogens is 264 g/mol. The summed E-state index contributed by atoms with van der Waals surface area (Å²) in [6.07, 6.45) is 0.502. The van der Waals surface area contributed by atoms with Gasteiger partial charge in [-0.1, -0.05) is 49.7 Å². The molecule has 0 spiro atoms. The van der Waals surface area contributed by atoms with Crippen LogP contribution in [-0.4, -0.2) is 5.11 Å². The van der Waals surface area contributed by atoms with Crippen molar-refractivity contribution in [2.75, 3.05) is 0 Å². The van der Waals surface area contributed by atoms with Crippen LogP contribution in [-0.2, 0) is 0 Å². The summed E-state index contributed by atoms with van der Waals surface area (Å²) in [5.41, 5.74) is 2.21. The molecule has 0 amide bonds. The molecule has 1 aromatic heterocycles. The molecule has 1 nitrogen and oxygen atoms in total. The van der Waals surface area contributed by atoms with Crippen LogP contribution in [0.3, 0.4) is 0 Å². The summed E-state index contributed by atoms with van der Waals surface area (Å²) in [5, 5.41) is 12.8. The lowest BCUT2D eigenvalue weighted by Crippen LogP contribution is -1.99. The molecule has 3 heteroatoms. The van der Waals surface area contributed by atoms with Crippen molar-refractivity contribution >= 4 is 22.9 Å². The summed E-state index contributed by atoms with van der Waals surface area (Å²) in [6.45, 7) is 4.39. The van der Waals surface area contributed by atoms with Gasteiger partial charge < -0.3 is 5.11 Å². The minimum Gasteiger partial charge on any atom is -0.383 e. The zero-order chi connectivity index (χ0) is 13.1. The largest absolute Gasteiger partial charge is 0.383 e. The highest BCUT2D eigenvalue weighted by Gasteiger charge is 2.15. The normalized spacial score (nSPS) is 14.4. The molecule has 0 aliphatic rings. The van der Waals surface area contributed by atoms with Gasteiger partial charge in [0.2, 0.25) is 0 Å². The fraction of sp³-hybridized carbons (Fsp3) is 0.333. The summed E-state index contributed by atoms with van der Waals surface area (Å²) in [4.78, 5) is 0.813. The van der Waals surface area contributed by atoms with Gasteiger partial charge in [-0.3, -0.25) is 0 Å². The second-order valence-electron chi connectivity index (χ2n) is 4.51. The molecule has 2 rings (SSSR count). The molecule has 0 aliphatic carbocycles. The lowest BCUT2D eigenvalue weighted by atomic mass is 9.96. The van der Waals surface area contributed by atoms with Crippen molar-refractivity contribution in [3.63, 3.8) is 0 Å². The van der Waals surface area contributed by atoms with Crippen LogP contribution >= 0.6 is 22.9 Å². The number of thiophene rings is 1. The number of aliphatic hydroxyl groups is 1. The van der Waals surface area contributed by atoms with E-state index >= 15 is 0 Å². The van der Waals surface area contributed by atoms with Crippen molar-refractivity contribution in [1.29, 1.82) is 0 Å². The van der Waals surface area contributed by atoms with E-state index in [1.54, 1.807) is 0 Å². The molecule has 96 valence electrons. The highest BCUT2D eigenvalue weighted by Crippen LogP contribution is 2.33. The van der Waals surface area contributed by atoms with E-state index in [1.165, 1.54) is 16.9 Å². The SMILES string of the molecule is CCC(C)c1ccc(C(O)c2sccc2Cl)cc1. The molecule has 0 saturated heterocycles. The highest BCUT2D eigenvalue weighted by molar-refractivity contribution is 7.10.